The smallest absolute Gasteiger partial charge is 0.305 e. The molecule has 244 valence electrons. The molecule has 0 spiro atoms. The first kappa shape index (κ1) is 31.1. The Morgan fingerprint density at radius 2 is 1.67 bits per heavy atom. The fourth-order valence-corrected chi connectivity index (χ4v) is 11.3. The molecule has 3 aromatic carbocycles. The highest BCUT2D eigenvalue weighted by Gasteiger charge is 2.70. The number of halogens is 2. The number of carbonyl (C=O) groups excluding carboxylic acids is 3. The fourth-order valence-electron chi connectivity index (χ4n) is 8.11. The van der Waals surface area contributed by atoms with Gasteiger partial charge in [-0.1, -0.05) is 34.5 Å². The highest BCUT2D eigenvalue weighted by molar-refractivity contribution is 8.00. The van der Waals surface area contributed by atoms with Crippen LogP contribution in [0.4, 0.5) is 17.1 Å². The van der Waals surface area contributed by atoms with Crippen molar-refractivity contribution >= 4 is 81.1 Å². The van der Waals surface area contributed by atoms with Gasteiger partial charge in [-0.3, -0.25) is 34.2 Å². The molecule has 8 rings (SSSR count). The molecule has 11 nitrogen and oxygen atoms in total. The van der Waals surface area contributed by atoms with Crippen molar-refractivity contribution in [3.63, 3.8) is 0 Å². The minimum atomic E-state index is -0.576. The lowest BCUT2D eigenvalue weighted by atomic mass is 9.68. The van der Waals surface area contributed by atoms with E-state index in [9.17, 15) is 29.3 Å². The molecule has 2 saturated carbocycles. The van der Waals surface area contributed by atoms with Crippen LogP contribution in [0.5, 0.6) is 5.75 Å². The molecule has 15 heteroatoms. The third-order valence-corrected chi connectivity index (χ3v) is 12.9. The Morgan fingerprint density at radius 3 is 2.38 bits per heavy atom. The number of hydrogen-bond acceptors (Lipinski definition) is 9. The summed E-state index contributed by atoms with van der Waals surface area (Å²) in [4.78, 5) is 69.0. The van der Waals surface area contributed by atoms with Crippen molar-refractivity contribution < 1.29 is 24.0 Å². The number of nitro benzene ring substituents is 1. The Morgan fingerprint density at radius 1 is 0.979 bits per heavy atom. The number of non-ortho nitro benzene ring substituents is 1. The number of rotatable bonds is 7. The van der Waals surface area contributed by atoms with E-state index in [1.807, 2.05) is 0 Å². The SMILES string of the molecule is O=C(COc1ccc(Cl)cc1[C@H]1c2sc(=O)[nH]c2SC2C3CC(C4C(=O)N(c5ccc([N+](=O)[O-])cc5)C(=O)C34)C21)Nc1ccc(Cl)cc1. The number of ether oxygens (including phenoxy) is 1. The summed E-state index contributed by atoms with van der Waals surface area (Å²) < 4.78 is 6.12. The molecule has 4 aromatic rings. The zero-order valence-corrected chi connectivity index (χ0v) is 27.8. The lowest BCUT2D eigenvalue weighted by molar-refractivity contribution is -0.384. The van der Waals surface area contributed by atoms with E-state index in [-0.39, 0.29) is 57.9 Å². The Bertz CT molecular complexity index is 2070. The third kappa shape index (κ3) is 5.02. The number of thiazole rings is 1. The normalized spacial score (nSPS) is 26.6. The minimum Gasteiger partial charge on any atom is -0.483 e. The number of thioether (sulfide) groups is 1. The van der Waals surface area contributed by atoms with E-state index >= 15 is 0 Å². The van der Waals surface area contributed by atoms with Crippen LogP contribution in [0.25, 0.3) is 0 Å². The highest BCUT2D eigenvalue weighted by Crippen LogP contribution is 2.69. The molecule has 6 unspecified atom stereocenters. The molecule has 7 atom stereocenters. The molecule has 2 aliphatic carbocycles. The molecule has 3 heterocycles. The number of nitrogens with one attached hydrogen (secondary N) is 2. The van der Waals surface area contributed by atoms with Crippen molar-refractivity contribution in [2.45, 2.75) is 22.6 Å². The Labute approximate surface area is 290 Å². The number of anilines is 2. The number of hydrogen-bond donors (Lipinski definition) is 2. The first-order valence-corrected chi connectivity index (χ1v) is 17.5. The van der Waals surface area contributed by atoms with Gasteiger partial charge in [-0.05, 0) is 78.8 Å². The molecule has 2 aliphatic heterocycles. The Balaban J connectivity index is 1.13. The number of aromatic nitrogens is 1. The predicted octanol–water partition coefficient (Wildman–Crippen LogP) is 6.35. The van der Waals surface area contributed by atoms with E-state index in [1.165, 1.54) is 29.2 Å². The van der Waals surface area contributed by atoms with Gasteiger partial charge in [0.2, 0.25) is 11.8 Å². The monoisotopic (exact) mass is 722 g/mol. The van der Waals surface area contributed by atoms with Crippen LogP contribution in [0.3, 0.4) is 0 Å². The first-order valence-electron chi connectivity index (χ1n) is 15.1. The number of H-pyrrole nitrogens is 1. The molecular formula is C33H24Cl2N4O7S2. The second-order valence-electron chi connectivity index (χ2n) is 12.3. The molecule has 2 N–H and O–H groups in total. The number of nitro groups is 1. The van der Waals surface area contributed by atoms with Gasteiger partial charge in [0.05, 0.1) is 27.5 Å². The van der Waals surface area contributed by atoms with Gasteiger partial charge in [-0.2, -0.15) is 0 Å². The van der Waals surface area contributed by atoms with Crippen LogP contribution >= 0.6 is 46.3 Å². The highest BCUT2D eigenvalue weighted by atomic mass is 35.5. The van der Waals surface area contributed by atoms with Gasteiger partial charge in [0.25, 0.3) is 11.6 Å². The van der Waals surface area contributed by atoms with Gasteiger partial charge < -0.3 is 15.0 Å². The van der Waals surface area contributed by atoms with Crippen molar-refractivity contribution in [2.24, 2.45) is 29.6 Å². The number of carbonyl (C=O) groups is 3. The van der Waals surface area contributed by atoms with Crippen LogP contribution in [0.1, 0.15) is 22.8 Å². The lowest BCUT2D eigenvalue weighted by Crippen LogP contribution is -2.42. The molecule has 1 saturated heterocycles. The maximum Gasteiger partial charge on any atom is 0.305 e. The van der Waals surface area contributed by atoms with Crippen molar-refractivity contribution in [2.75, 3.05) is 16.8 Å². The Kier molecular flexibility index (Phi) is 7.62. The first-order chi connectivity index (χ1) is 23.1. The van der Waals surface area contributed by atoms with E-state index in [1.54, 1.807) is 54.2 Å². The maximum absolute atomic E-state index is 14.1. The van der Waals surface area contributed by atoms with E-state index in [0.717, 1.165) is 21.2 Å². The van der Waals surface area contributed by atoms with Crippen LogP contribution in [0.15, 0.2) is 76.6 Å². The predicted molar refractivity (Wildman–Crippen MR) is 181 cm³/mol. The van der Waals surface area contributed by atoms with E-state index in [2.05, 4.69) is 10.3 Å². The van der Waals surface area contributed by atoms with Gasteiger partial charge in [-0.15, -0.1) is 11.8 Å². The molecule has 3 fully saturated rings. The number of aromatic amines is 1. The van der Waals surface area contributed by atoms with Crippen molar-refractivity contribution in [3.05, 3.63) is 107 Å². The standard InChI is InChI=1S/C33H24Cl2N4O7S2/c34-14-1-4-16(5-2-14)36-23(40)13-46-22-10-3-15(35)11-19(22)24-25-20-12-21(28(25)47-30-29(24)48-33(43)37-30)27-26(20)31(41)38(32(27)42)17-6-8-18(9-7-17)39(44)45/h1-11,20-21,24-28H,12-13H2,(H,36,40)(H,37,43)/t20?,21?,24-,25?,26?,27?,28?/m1/s1. The average molecular weight is 724 g/mol. The summed E-state index contributed by atoms with van der Waals surface area (Å²) in [6.45, 7) is -0.295. The number of imide groups is 1. The average Bonchev–Trinajstić information content (AvgIpc) is 3.80. The Hall–Kier alpha value is -4.17. The summed E-state index contributed by atoms with van der Waals surface area (Å²) in [6, 6.07) is 17.3. The van der Waals surface area contributed by atoms with Crippen LogP contribution in [-0.4, -0.2) is 39.5 Å². The van der Waals surface area contributed by atoms with Crippen LogP contribution in [-0.2, 0) is 14.4 Å². The topological polar surface area (TPSA) is 152 Å². The molecular weight excluding hydrogens is 699 g/mol. The number of fused-ring (bicyclic) bond motifs is 9. The molecule has 3 amide bonds. The number of nitrogens with zero attached hydrogens (tertiary/aromatic N) is 2. The largest absolute Gasteiger partial charge is 0.483 e. The fraction of sp³-hybridized carbons (Fsp3) is 0.273. The number of benzene rings is 3. The van der Waals surface area contributed by atoms with Gasteiger partial charge >= 0.3 is 4.87 Å². The summed E-state index contributed by atoms with van der Waals surface area (Å²) in [5.41, 5.74) is 1.43. The summed E-state index contributed by atoms with van der Waals surface area (Å²) >= 11 is 15.2. The zero-order chi connectivity index (χ0) is 33.4. The summed E-state index contributed by atoms with van der Waals surface area (Å²) in [6.07, 6.45) is 0.666. The molecule has 0 radical (unpaired) electrons. The second-order valence-corrected chi connectivity index (χ2v) is 15.3. The number of amides is 3. The van der Waals surface area contributed by atoms with Gasteiger partial charge in [0.1, 0.15) is 5.75 Å². The summed E-state index contributed by atoms with van der Waals surface area (Å²) in [5.74, 6) is -2.55. The molecule has 1 aromatic heterocycles. The van der Waals surface area contributed by atoms with Crippen LogP contribution < -0.4 is 19.8 Å². The zero-order valence-electron chi connectivity index (χ0n) is 24.6. The second kappa shape index (κ2) is 11.8. The minimum absolute atomic E-state index is 0.0902. The van der Waals surface area contributed by atoms with Gasteiger partial charge in [0, 0.05) is 49.5 Å². The summed E-state index contributed by atoms with van der Waals surface area (Å²) in [7, 11) is 0. The van der Waals surface area contributed by atoms with Gasteiger partial charge in [-0.25, -0.2) is 0 Å². The molecule has 2 bridgehead atoms. The van der Waals surface area contributed by atoms with Crippen LogP contribution in [0, 0.1) is 39.7 Å². The molecule has 48 heavy (non-hydrogen) atoms. The maximum atomic E-state index is 14.1. The summed E-state index contributed by atoms with van der Waals surface area (Å²) in [5, 5.41) is 15.6. The van der Waals surface area contributed by atoms with Crippen LogP contribution in [0.2, 0.25) is 10.0 Å². The van der Waals surface area contributed by atoms with E-state index in [0.29, 0.717) is 39.2 Å². The lowest BCUT2D eigenvalue weighted by Gasteiger charge is -2.43. The van der Waals surface area contributed by atoms with Gasteiger partial charge in [0.15, 0.2) is 6.61 Å². The third-order valence-electron chi connectivity index (χ3n) is 9.84. The van der Waals surface area contributed by atoms with E-state index < -0.39 is 22.7 Å². The van der Waals surface area contributed by atoms with Crippen molar-refractivity contribution in [1.29, 1.82) is 0 Å². The quantitative estimate of drug-likeness (QED) is 0.127. The van der Waals surface area contributed by atoms with E-state index in [4.69, 9.17) is 27.9 Å². The van der Waals surface area contributed by atoms with Crippen molar-refractivity contribution in [3.8, 4) is 5.75 Å². The molecule has 4 aliphatic rings. The van der Waals surface area contributed by atoms with Crippen molar-refractivity contribution in [1.82, 2.24) is 4.98 Å².